The number of carbonyl (C=O) groups is 2. The van der Waals surface area contributed by atoms with Gasteiger partial charge in [0.1, 0.15) is 0 Å². The number of amides is 1. The Kier molecular flexibility index (Phi) is 13.5. The van der Waals surface area contributed by atoms with E-state index in [0.29, 0.717) is 19.3 Å². The first kappa shape index (κ1) is 18.9. The molecule has 0 aliphatic rings. The lowest BCUT2D eigenvalue weighted by atomic mass is 10.1. The van der Waals surface area contributed by atoms with E-state index in [0.717, 1.165) is 13.0 Å². The Morgan fingerprint density at radius 3 is 2.15 bits per heavy atom. The van der Waals surface area contributed by atoms with Gasteiger partial charge in [-0.1, -0.05) is 45.4 Å². The van der Waals surface area contributed by atoms with Gasteiger partial charge < -0.3 is 10.2 Å². The van der Waals surface area contributed by atoms with Crippen LogP contribution in [0.4, 0.5) is 0 Å². The van der Waals surface area contributed by atoms with Crippen molar-refractivity contribution < 1.29 is 19.7 Å². The Morgan fingerprint density at radius 1 is 0.900 bits per heavy atom. The van der Waals surface area contributed by atoms with E-state index >= 15 is 0 Å². The SMILES string of the molecule is CCCCCCCCCNC(=O)CCCCC(=O)OO. The second-order valence-electron chi connectivity index (χ2n) is 5.14. The van der Waals surface area contributed by atoms with Gasteiger partial charge in [0.15, 0.2) is 0 Å². The van der Waals surface area contributed by atoms with Gasteiger partial charge in [0.25, 0.3) is 0 Å². The predicted octanol–water partition coefficient (Wildman–Crippen LogP) is 3.43. The van der Waals surface area contributed by atoms with Gasteiger partial charge in [-0.05, 0) is 19.3 Å². The first-order valence-electron chi connectivity index (χ1n) is 7.81. The molecule has 2 N–H and O–H groups in total. The van der Waals surface area contributed by atoms with E-state index in [1.807, 2.05) is 0 Å². The normalized spacial score (nSPS) is 10.3. The van der Waals surface area contributed by atoms with Crippen molar-refractivity contribution in [2.45, 2.75) is 77.6 Å². The summed E-state index contributed by atoms with van der Waals surface area (Å²) < 4.78 is 0. The van der Waals surface area contributed by atoms with Gasteiger partial charge in [-0.2, -0.15) is 5.26 Å². The predicted molar refractivity (Wildman–Crippen MR) is 78.2 cm³/mol. The molecule has 0 bridgehead atoms. The van der Waals surface area contributed by atoms with Gasteiger partial charge in [-0.3, -0.25) is 4.79 Å². The van der Waals surface area contributed by atoms with E-state index in [1.165, 1.54) is 38.5 Å². The van der Waals surface area contributed by atoms with Gasteiger partial charge in [-0.15, -0.1) is 0 Å². The van der Waals surface area contributed by atoms with Crippen molar-refractivity contribution in [3.8, 4) is 0 Å². The summed E-state index contributed by atoms with van der Waals surface area (Å²) in [4.78, 5) is 25.6. The first-order valence-corrected chi connectivity index (χ1v) is 7.81. The van der Waals surface area contributed by atoms with Crippen LogP contribution in [0.5, 0.6) is 0 Å². The fraction of sp³-hybridized carbons (Fsp3) is 0.867. The van der Waals surface area contributed by atoms with E-state index in [4.69, 9.17) is 5.26 Å². The smallest absolute Gasteiger partial charge is 0.342 e. The molecule has 0 spiro atoms. The zero-order valence-corrected chi connectivity index (χ0v) is 12.7. The molecule has 0 aliphatic carbocycles. The molecule has 5 nitrogen and oxygen atoms in total. The minimum atomic E-state index is -0.645. The standard InChI is InChI=1S/C15H29NO4/c1-2-3-4-5-6-7-10-13-16-14(17)11-8-9-12-15(18)20-19/h19H,2-13H2,1H3,(H,16,17). The minimum Gasteiger partial charge on any atom is -0.356 e. The molecule has 5 heteroatoms. The van der Waals surface area contributed by atoms with Crippen LogP contribution in [0.2, 0.25) is 0 Å². The molecule has 0 saturated carbocycles. The molecule has 0 heterocycles. The highest BCUT2D eigenvalue weighted by Gasteiger charge is 2.04. The molecule has 0 aromatic heterocycles. The Hall–Kier alpha value is -1.10. The Morgan fingerprint density at radius 2 is 1.50 bits per heavy atom. The molecule has 0 rings (SSSR count). The van der Waals surface area contributed by atoms with Crippen molar-refractivity contribution in [1.29, 1.82) is 0 Å². The maximum absolute atomic E-state index is 11.5. The van der Waals surface area contributed by atoms with E-state index < -0.39 is 5.97 Å². The topological polar surface area (TPSA) is 75.6 Å². The number of hydrogen-bond donors (Lipinski definition) is 2. The molecule has 0 saturated heterocycles. The molecule has 0 aromatic rings. The second-order valence-corrected chi connectivity index (χ2v) is 5.14. The van der Waals surface area contributed by atoms with Gasteiger partial charge in [0.2, 0.25) is 5.91 Å². The third kappa shape index (κ3) is 13.3. The van der Waals surface area contributed by atoms with Gasteiger partial charge >= 0.3 is 5.97 Å². The summed E-state index contributed by atoms with van der Waals surface area (Å²) >= 11 is 0. The number of unbranched alkanes of at least 4 members (excludes halogenated alkanes) is 7. The van der Waals surface area contributed by atoms with E-state index in [-0.39, 0.29) is 12.3 Å². The molecular weight excluding hydrogens is 258 g/mol. The summed E-state index contributed by atoms with van der Waals surface area (Å²) in [5, 5.41) is 10.9. The van der Waals surface area contributed by atoms with E-state index in [1.54, 1.807) is 0 Å². The van der Waals surface area contributed by atoms with E-state index in [2.05, 4.69) is 17.1 Å². The summed E-state index contributed by atoms with van der Waals surface area (Å²) in [7, 11) is 0. The van der Waals surface area contributed by atoms with Crippen molar-refractivity contribution in [2.75, 3.05) is 6.54 Å². The number of hydrogen-bond acceptors (Lipinski definition) is 4. The van der Waals surface area contributed by atoms with Crippen LogP contribution in [-0.2, 0) is 14.5 Å². The van der Waals surface area contributed by atoms with Crippen LogP contribution in [0.25, 0.3) is 0 Å². The van der Waals surface area contributed by atoms with Crippen LogP contribution < -0.4 is 5.32 Å². The lowest BCUT2D eigenvalue weighted by Gasteiger charge is -2.05. The molecule has 118 valence electrons. The van der Waals surface area contributed by atoms with Gasteiger partial charge in [-0.25, -0.2) is 4.79 Å². The number of carbonyl (C=O) groups excluding carboxylic acids is 2. The maximum atomic E-state index is 11.5. The highest BCUT2D eigenvalue weighted by atomic mass is 17.1. The molecule has 0 fully saturated rings. The molecule has 0 radical (unpaired) electrons. The van der Waals surface area contributed by atoms with E-state index in [9.17, 15) is 9.59 Å². The van der Waals surface area contributed by atoms with Crippen LogP contribution in [0.1, 0.15) is 77.6 Å². The number of nitrogens with one attached hydrogen (secondary N) is 1. The van der Waals surface area contributed by atoms with Crippen LogP contribution >= 0.6 is 0 Å². The summed E-state index contributed by atoms with van der Waals surface area (Å²) in [5.74, 6) is -0.609. The highest BCUT2D eigenvalue weighted by Crippen LogP contribution is 2.06. The van der Waals surface area contributed by atoms with Crippen molar-refractivity contribution in [1.82, 2.24) is 5.32 Å². The largest absolute Gasteiger partial charge is 0.356 e. The average Bonchev–Trinajstić information content (AvgIpc) is 2.46. The van der Waals surface area contributed by atoms with Crippen LogP contribution in [0, 0.1) is 0 Å². The zero-order valence-electron chi connectivity index (χ0n) is 12.7. The van der Waals surface area contributed by atoms with Gasteiger partial charge in [0.05, 0.1) is 0 Å². The molecule has 0 aromatic carbocycles. The average molecular weight is 287 g/mol. The molecular formula is C15H29NO4. The zero-order chi connectivity index (χ0) is 15.1. The molecule has 0 unspecified atom stereocenters. The van der Waals surface area contributed by atoms with Crippen LogP contribution in [0.3, 0.4) is 0 Å². The Balaban J connectivity index is 3.22. The van der Waals surface area contributed by atoms with Crippen molar-refractivity contribution in [3.05, 3.63) is 0 Å². The Bertz CT molecular complexity index is 256. The quantitative estimate of drug-likeness (QED) is 0.309. The van der Waals surface area contributed by atoms with Crippen molar-refractivity contribution in [3.63, 3.8) is 0 Å². The summed E-state index contributed by atoms with van der Waals surface area (Å²) in [6.07, 6.45) is 10.4. The third-order valence-electron chi connectivity index (χ3n) is 3.24. The fourth-order valence-electron chi connectivity index (χ4n) is 2.00. The lowest BCUT2D eigenvalue weighted by Crippen LogP contribution is -2.24. The van der Waals surface area contributed by atoms with Crippen molar-refractivity contribution >= 4 is 11.9 Å². The third-order valence-corrected chi connectivity index (χ3v) is 3.24. The fourth-order valence-corrected chi connectivity index (χ4v) is 2.00. The highest BCUT2D eigenvalue weighted by molar-refractivity contribution is 5.75. The summed E-state index contributed by atoms with van der Waals surface area (Å²) in [5.41, 5.74) is 0. The maximum Gasteiger partial charge on any atom is 0.342 e. The number of rotatable bonds is 13. The lowest BCUT2D eigenvalue weighted by molar-refractivity contribution is -0.234. The second kappa shape index (κ2) is 14.3. The first-order chi connectivity index (χ1) is 9.70. The molecule has 0 atom stereocenters. The minimum absolute atomic E-state index is 0.0355. The van der Waals surface area contributed by atoms with Crippen molar-refractivity contribution in [2.24, 2.45) is 0 Å². The Labute approximate surface area is 122 Å². The molecule has 1 amide bonds. The summed E-state index contributed by atoms with van der Waals surface area (Å²) in [6, 6.07) is 0. The summed E-state index contributed by atoms with van der Waals surface area (Å²) in [6.45, 7) is 2.95. The van der Waals surface area contributed by atoms with Gasteiger partial charge in [0, 0.05) is 19.4 Å². The monoisotopic (exact) mass is 287 g/mol. The van der Waals surface area contributed by atoms with Crippen LogP contribution in [0.15, 0.2) is 0 Å². The van der Waals surface area contributed by atoms with Crippen LogP contribution in [-0.4, -0.2) is 23.7 Å². The molecule has 20 heavy (non-hydrogen) atoms. The molecule has 0 aliphatic heterocycles.